The molecule has 0 aliphatic carbocycles. The van der Waals surface area contributed by atoms with Gasteiger partial charge in [-0.2, -0.15) is 0 Å². The summed E-state index contributed by atoms with van der Waals surface area (Å²) in [6.07, 6.45) is 17.9. The van der Waals surface area contributed by atoms with Crippen molar-refractivity contribution in [1.29, 1.82) is 0 Å². The van der Waals surface area contributed by atoms with Crippen LogP contribution in [-0.2, 0) is 12.8 Å². The first-order valence-electron chi connectivity index (χ1n) is 18.6. The second-order valence-electron chi connectivity index (χ2n) is 13.4. The summed E-state index contributed by atoms with van der Waals surface area (Å²) in [5.41, 5.74) is 11.0. The second-order valence-corrected chi connectivity index (χ2v) is 18.1. The summed E-state index contributed by atoms with van der Waals surface area (Å²) in [6, 6.07) is 30.5. The Morgan fingerprint density at radius 1 is 0.480 bits per heavy atom. The topological polar surface area (TPSA) is 25.8 Å². The molecule has 3 aromatic heterocycles. The van der Waals surface area contributed by atoms with Crippen molar-refractivity contribution < 1.29 is 0 Å². The molecule has 0 bridgehead atoms. The Bertz CT molecular complexity index is 1820. The van der Waals surface area contributed by atoms with Crippen LogP contribution in [0.3, 0.4) is 0 Å². The van der Waals surface area contributed by atoms with E-state index < -0.39 is 0 Å². The second kappa shape index (κ2) is 18.7. The van der Waals surface area contributed by atoms with E-state index in [1.807, 2.05) is 22.7 Å². The summed E-state index contributed by atoms with van der Waals surface area (Å²) in [5, 5.41) is 0. The van der Waals surface area contributed by atoms with Crippen LogP contribution in [0.25, 0.3) is 54.4 Å². The molecule has 6 heteroatoms. The van der Waals surface area contributed by atoms with E-state index in [4.69, 9.17) is 9.97 Å². The molecule has 260 valence electrons. The molecule has 0 N–H and O–H groups in total. The van der Waals surface area contributed by atoms with Crippen molar-refractivity contribution >= 4 is 65.6 Å². The lowest BCUT2D eigenvalue weighted by Crippen LogP contribution is -1.98. The van der Waals surface area contributed by atoms with Crippen molar-refractivity contribution in [3.8, 4) is 43.4 Å². The monoisotopic (exact) mass is 826 g/mol. The van der Waals surface area contributed by atoms with E-state index in [2.05, 4.69) is 131 Å². The highest BCUT2D eigenvalue weighted by Gasteiger charge is 2.21. The van der Waals surface area contributed by atoms with Crippen LogP contribution in [0.5, 0.6) is 0 Å². The Labute approximate surface area is 324 Å². The van der Waals surface area contributed by atoms with Gasteiger partial charge in [0.15, 0.2) is 0 Å². The zero-order valence-corrected chi connectivity index (χ0v) is 34.3. The van der Waals surface area contributed by atoms with Crippen LogP contribution in [0.1, 0.15) is 102 Å². The summed E-state index contributed by atoms with van der Waals surface area (Å²) >= 11 is 11.5. The van der Waals surface area contributed by atoms with Crippen molar-refractivity contribution in [2.24, 2.45) is 0 Å². The average molecular weight is 829 g/mol. The van der Waals surface area contributed by atoms with Gasteiger partial charge in [0, 0.05) is 32.0 Å². The number of thiophene rings is 2. The maximum atomic E-state index is 5.56. The van der Waals surface area contributed by atoms with Gasteiger partial charge in [0.25, 0.3) is 0 Å². The zero-order chi connectivity index (χ0) is 34.7. The highest BCUT2D eigenvalue weighted by atomic mass is 79.9. The van der Waals surface area contributed by atoms with E-state index in [-0.39, 0.29) is 0 Å². The van der Waals surface area contributed by atoms with Crippen LogP contribution in [0.2, 0.25) is 0 Å². The molecule has 0 amide bonds. The fraction of sp³-hybridized carbons (Fsp3) is 0.364. The SMILES string of the molecule is CCCCCCCCc1cc(-c2ccc(-c3cc(CCCCCCCC)c(Br)s3)c3nc(-c4ccccc4)c(-c4ccccc4)nc23)sc1Br. The number of halogens is 2. The van der Waals surface area contributed by atoms with Gasteiger partial charge >= 0.3 is 0 Å². The quantitative estimate of drug-likeness (QED) is 0.0807. The maximum Gasteiger partial charge on any atom is 0.0988 e. The Hall–Kier alpha value is -2.64. The molecule has 0 radical (unpaired) electrons. The van der Waals surface area contributed by atoms with Crippen molar-refractivity contribution in [1.82, 2.24) is 9.97 Å². The molecule has 6 aromatic rings. The van der Waals surface area contributed by atoms with Gasteiger partial charge in [0.1, 0.15) is 0 Å². The van der Waals surface area contributed by atoms with Crippen molar-refractivity contribution in [3.05, 3.63) is 104 Å². The molecule has 0 aliphatic heterocycles. The van der Waals surface area contributed by atoms with Crippen molar-refractivity contribution in [2.75, 3.05) is 0 Å². The molecule has 50 heavy (non-hydrogen) atoms. The predicted molar refractivity (Wildman–Crippen MR) is 227 cm³/mol. The first-order valence-corrected chi connectivity index (χ1v) is 21.8. The minimum Gasteiger partial charge on any atom is -0.243 e. The fourth-order valence-electron chi connectivity index (χ4n) is 6.74. The van der Waals surface area contributed by atoms with Gasteiger partial charge in [-0.1, -0.05) is 151 Å². The third-order valence-corrected chi connectivity index (χ3v) is 13.6. The lowest BCUT2D eigenvalue weighted by molar-refractivity contribution is 0.607. The van der Waals surface area contributed by atoms with Gasteiger partial charge in [-0.15, -0.1) is 22.7 Å². The maximum absolute atomic E-state index is 5.56. The summed E-state index contributed by atoms with van der Waals surface area (Å²) in [6.45, 7) is 4.56. The number of benzene rings is 3. The summed E-state index contributed by atoms with van der Waals surface area (Å²) in [4.78, 5) is 13.6. The number of fused-ring (bicyclic) bond motifs is 1. The van der Waals surface area contributed by atoms with Crippen LogP contribution >= 0.6 is 54.5 Å². The molecule has 0 unspecified atom stereocenters. The van der Waals surface area contributed by atoms with E-state index >= 15 is 0 Å². The predicted octanol–water partition coefficient (Wildman–Crippen LogP) is 15.8. The third kappa shape index (κ3) is 9.23. The van der Waals surface area contributed by atoms with Crippen LogP contribution in [-0.4, -0.2) is 9.97 Å². The van der Waals surface area contributed by atoms with Gasteiger partial charge in [-0.3, -0.25) is 0 Å². The molecular formula is C44H48Br2N2S2. The minimum absolute atomic E-state index is 0.918. The molecule has 0 saturated heterocycles. The van der Waals surface area contributed by atoms with Gasteiger partial charge in [-0.25, -0.2) is 9.97 Å². The largest absolute Gasteiger partial charge is 0.243 e. The summed E-state index contributed by atoms with van der Waals surface area (Å²) in [7, 11) is 0. The van der Waals surface area contributed by atoms with Crippen molar-refractivity contribution in [3.63, 3.8) is 0 Å². The van der Waals surface area contributed by atoms with Crippen LogP contribution in [0, 0.1) is 0 Å². The van der Waals surface area contributed by atoms with Gasteiger partial charge < -0.3 is 0 Å². The zero-order valence-electron chi connectivity index (χ0n) is 29.4. The molecule has 2 nitrogen and oxygen atoms in total. The summed E-state index contributed by atoms with van der Waals surface area (Å²) < 4.78 is 2.47. The van der Waals surface area contributed by atoms with E-state index in [9.17, 15) is 0 Å². The molecule has 0 fully saturated rings. The molecule has 6 rings (SSSR count). The van der Waals surface area contributed by atoms with Crippen molar-refractivity contribution in [2.45, 2.75) is 104 Å². The number of nitrogens with zero attached hydrogens (tertiary/aromatic N) is 2. The normalized spacial score (nSPS) is 11.5. The number of aromatic nitrogens is 2. The standard InChI is InChI=1S/C44H48Br2N2S2/c1-3-5-7-9-11-15-25-33-29-37(49-43(33)45)35-27-28-36(38-30-34(44(46)50-38)26-16-12-10-8-6-4-2)42-41(35)47-39(31-21-17-13-18-22-31)40(48-42)32-23-19-14-20-24-32/h13-14,17-24,27-30H,3-12,15-16,25-26H2,1-2H3. The minimum atomic E-state index is 0.918. The highest BCUT2D eigenvalue weighted by Crippen LogP contribution is 2.45. The van der Waals surface area contributed by atoms with Crippen LogP contribution in [0.15, 0.2) is 92.5 Å². The lowest BCUT2D eigenvalue weighted by Gasteiger charge is -2.15. The first kappa shape index (κ1) is 37.1. The van der Waals surface area contributed by atoms with E-state index in [0.29, 0.717) is 0 Å². The number of unbranched alkanes of at least 4 members (excludes halogenated alkanes) is 10. The summed E-state index contributed by atoms with van der Waals surface area (Å²) in [5.74, 6) is 0. The number of hydrogen-bond donors (Lipinski definition) is 0. The number of rotatable bonds is 18. The smallest absolute Gasteiger partial charge is 0.0988 e. The number of aryl methyl sites for hydroxylation is 2. The van der Waals surface area contributed by atoms with Crippen LogP contribution < -0.4 is 0 Å². The van der Waals surface area contributed by atoms with Gasteiger partial charge in [0.2, 0.25) is 0 Å². The Kier molecular flexibility index (Phi) is 13.9. The molecular weight excluding hydrogens is 780 g/mol. The van der Waals surface area contributed by atoms with Crippen LogP contribution in [0.4, 0.5) is 0 Å². The van der Waals surface area contributed by atoms with E-state index in [1.165, 1.54) is 106 Å². The van der Waals surface area contributed by atoms with Gasteiger partial charge in [-0.05, 0) is 80.8 Å². The average Bonchev–Trinajstić information content (AvgIpc) is 3.71. The first-order chi connectivity index (χ1) is 24.6. The Morgan fingerprint density at radius 3 is 1.26 bits per heavy atom. The van der Waals surface area contributed by atoms with Gasteiger partial charge in [0.05, 0.1) is 30.0 Å². The molecule has 3 heterocycles. The molecule has 3 aromatic carbocycles. The van der Waals surface area contributed by atoms with E-state index in [0.717, 1.165) is 57.5 Å². The molecule has 0 saturated carbocycles. The lowest BCUT2D eigenvalue weighted by atomic mass is 10.00. The molecule has 0 aliphatic rings. The van der Waals surface area contributed by atoms with E-state index in [1.54, 1.807) is 0 Å². The Balaban J connectivity index is 1.43. The third-order valence-electron chi connectivity index (χ3n) is 9.56. The fourth-order valence-corrected chi connectivity index (χ4v) is 10.3. The molecule has 0 atom stereocenters. The highest BCUT2D eigenvalue weighted by molar-refractivity contribution is 9.11. The Morgan fingerprint density at radius 2 is 0.860 bits per heavy atom. The molecule has 0 spiro atoms. The number of hydrogen-bond acceptors (Lipinski definition) is 4.